The lowest BCUT2D eigenvalue weighted by atomic mass is 9.97. The van der Waals surface area contributed by atoms with Crippen LogP contribution in [0.1, 0.15) is 57.4 Å². The second-order valence-electron chi connectivity index (χ2n) is 8.95. The van der Waals surface area contributed by atoms with E-state index in [1.807, 2.05) is 23.1 Å². The van der Waals surface area contributed by atoms with E-state index >= 15 is 0 Å². The highest BCUT2D eigenvalue weighted by Crippen LogP contribution is 2.40. The zero-order valence-corrected chi connectivity index (χ0v) is 19.8. The Labute approximate surface area is 198 Å². The fourth-order valence-corrected chi connectivity index (χ4v) is 5.58. The average molecular weight is 460 g/mol. The topological polar surface area (TPSA) is 84.5 Å². The molecule has 5 rings (SSSR count). The molecule has 1 amide bonds. The van der Waals surface area contributed by atoms with E-state index in [9.17, 15) is 4.79 Å². The van der Waals surface area contributed by atoms with Crippen LogP contribution in [0.25, 0.3) is 21.7 Å². The molecule has 1 spiro atoms. The Morgan fingerprint density at radius 3 is 2.42 bits per heavy atom. The number of hydrogen-bond donors (Lipinski definition) is 1. The van der Waals surface area contributed by atoms with Crippen LogP contribution in [0.4, 0.5) is 5.13 Å². The van der Waals surface area contributed by atoms with Crippen LogP contribution in [0.15, 0.2) is 53.5 Å². The number of nitrogens with two attached hydrogens (primary N) is 1. The molecule has 1 aliphatic carbocycles. The number of nitrogen functional groups attached to an aromatic ring is 1. The Morgan fingerprint density at radius 1 is 1.03 bits per heavy atom. The van der Waals surface area contributed by atoms with Crippen molar-refractivity contribution in [2.45, 2.75) is 64.0 Å². The van der Waals surface area contributed by atoms with Crippen LogP contribution in [0.5, 0.6) is 0 Å². The standard InChI is InChI=1S/C26H29N5OS/c1-2-3-10-22-28-26(15-6-7-16-26)24(32)31(22)17-18-11-13-19(14-12-18)20-8-4-5-9-21(20)23-29-30-25(27)33-23/h4-5,8-9,11-14H,2-3,6-7,10,15-17H2,1H3,(H2,27,30). The van der Waals surface area contributed by atoms with Gasteiger partial charge in [-0.2, -0.15) is 0 Å². The van der Waals surface area contributed by atoms with Crippen molar-refractivity contribution < 1.29 is 4.79 Å². The van der Waals surface area contributed by atoms with Gasteiger partial charge in [-0.1, -0.05) is 86.1 Å². The summed E-state index contributed by atoms with van der Waals surface area (Å²) in [6.07, 6.45) is 7.01. The van der Waals surface area contributed by atoms with Gasteiger partial charge in [-0.15, -0.1) is 10.2 Å². The summed E-state index contributed by atoms with van der Waals surface area (Å²) < 4.78 is 0. The summed E-state index contributed by atoms with van der Waals surface area (Å²) in [6.45, 7) is 2.76. The summed E-state index contributed by atoms with van der Waals surface area (Å²) in [5.74, 6) is 1.18. The van der Waals surface area contributed by atoms with Gasteiger partial charge < -0.3 is 5.73 Å². The lowest BCUT2D eigenvalue weighted by molar-refractivity contribution is -0.131. The van der Waals surface area contributed by atoms with E-state index in [1.54, 1.807) is 0 Å². The molecule has 0 radical (unpaired) electrons. The van der Waals surface area contributed by atoms with Crippen molar-refractivity contribution in [2.24, 2.45) is 4.99 Å². The number of benzene rings is 2. The minimum absolute atomic E-state index is 0.203. The van der Waals surface area contributed by atoms with Gasteiger partial charge in [0, 0.05) is 12.0 Å². The molecule has 0 unspecified atom stereocenters. The van der Waals surface area contributed by atoms with Crippen LogP contribution in [0, 0.1) is 0 Å². The highest BCUT2D eigenvalue weighted by atomic mass is 32.1. The van der Waals surface area contributed by atoms with Gasteiger partial charge in [-0.3, -0.25) is 14.7 Å². The van der Waals surface area contributed by atoms with Crippen LogP contribution in [0.3, 0.4) is 0 Å². The van der Waals surface area contributed by atoms with Crippen molar-refractivity contribution in [1.29, 1.82) is 0 Å². The van der Waals surface area contributed by atoms with Gasteiger partial charge >= 0.3 is 0 Å². The Balaban J connectivity index is 1.39. The van der Waals surface area contributed by atoms with Crippen molar-refractivity contribution >= 4 is 28.2 Å². The van der Waals surface area contributed by atoms with Gasteiger partial charge in [0.25, 0.3) is 5.91 Å². The molecule has 2 heterocycles. The first-order valence-corrected chi connectivity index (χ1v) is 12.6. The lowest BCUT2D eigenvalue weighted by Gasteiger charge is -2.23. The van der Waals surface area contributed by atoms with E-state index in [4.69, 9.17) is 10.7 Å². The average Bonchev–Trinajstić information content (AvgIpc) is 3.55. The van der Waals surface area contributed by atoms with Gasteiger partial charge in [0.1, 0.15) is 16.4 Å². The quantitative estimate of drug-likeness (QED) is 0.491. The van der Waals surface area contributed by atoms with E-state index < -0.39 is 5.54 Å². The highest BCUT2D eigenvalue weighted by molar-refractivity contribution is 7.18. The molecule has 2 aromatic carbocycles. The lowest BCUT2D eigenvalue weighted by Crippen LogP contribution is -2.40. The van der Waals surface area contributed by atoms with Crippen molar-refractivity contribution in [2.75, 3.05) is 5.73 Å². The molecule has 1 fully saturated rings. The van der Waals surface area contributed by atoms with E-state index in [-0.39, 0.29) is 5.91 Å². The molecule has 0 saturated heterocycles. The predicted molar refractivity (Wildman–Crippen MR) is 134 cm³/mol. The van der Waals surface area contributed by atoms with E-state index in [0.717, 1.165) is 78.0 Å². The van der Waals surface area contributed by atoms with Crippen LogP contribution in [-0.2, 0) is 11.3 Å². The molecule has 7 heteroatoms. The fourth-order valence-electron chi connectivity index (χ4n) is 4.94. The maximum absolute atomic E-state index is 13.4. The Bertz CT molecular complexity index is 1180. The third-order valence-electron chi connectivity index (χ3n) is 6.69. The summed E-state index contributed by atoms with van der Waals surface area (Å²) in [5.41, 5.74) is 9.65. The monoisotopic (exact) mass is 459 g/mol. The van der Waals surface area contributed by atoms with E-state index in [1.165, 1.54) is 11.3 Å². The molecule has 0 bridgehead atoms. The van der Waals surface area contributed by atoms with Crippen LogP contribution in [-0.4, -0.2) is 32.4 Å². The zero-order chi connectivity index (χ0) is 22.8. The zero-order valence-electron chi connectivity index (χ0n) is 19.0. The Morgan fingerprint density at radius 2 is 1.76 bits per heavy atom. The highest BCUT2D eigenvalue weighted by Gasteiger charge is 2.49. The van der Waals surface area contributed by atoms with Crippen LogP contribution >= 0.6 is 11.3 Å². The number of aromatic nitrogens is 2. The molecule has 1 aromatic heterocycles. The summed E-state index contributed by atoms with van der Waals surface area (Å²) in [7, 11) is 0. The smallest absolute Gasteiger partial charge is 0.256 e. The number of amidine groups is 1. The molecular weight excluding hydrogens is 430 g/mol. The molecule has 6 nitrogen and oxygen atoms in total. The summed E-state index contributed by atoms with van der Waals surface area (Å²) in [6, 6.07) is 16.6. The number of nitrogens with zero attached hydrogens (tertiary/aromatic N) is 4. The Kier molecular flexibility index (Phi) is 5.98. The third-order valence-corrected chi connectivity index (χ3v) is 7.47. The van der Waals surface area contributed by atoms with Crippen molar-refractivity contribution in [3.8, 4) is 21.7 Å². The summed E-state index contributed by atoms with van der Waals surface area (Å²) >= 11 is 1.39. The first-order chi connectivity index (χ1) is 16.1. The number of carbonyl (C=O) groups is 1. The predicted octanol–water partition coefficient (Wildman–Crippen LogP) is 5.70. The first-order valence-electron chi connectivity index (χ1n) is 11.8. The molecule has 170 valence electrons. The maximum atomic E-state index is 13.4. The molecule has 2 N–H and O–H groups in total. The van der Waals surface area contributed by atoms with Crippen LogP contribution in [0.2, 0.25) is 0 Å². The molecule has 33 heavy (non-hydrogen) atoms. The van der Waals surface area contributed by atoms with Crippen molar-refractivity contribution in [1.82, 2.24) is 15.1 Å². The van der Waals surface area contributed by atoms with E-state index in [2.05, 4.69) is 47.5 Å². The molecule has 1 saturated carbocycles. The van der Waals surface area contributed by atoms with Gasteiger partial charge in [0.15, 0.2) is 0 Å². The minimum atomic E-state index is -0.481. The second-order valence-corrected chi connectivity index (χ2v) is 9.96. The second kappa shape index (κ2) is 9.06. The van der Waals surface area contributed by atoms with E-state index in [0.29, 0.717) is 11.7 Å². The molecular formula is C26H29N5OS. The number of rotatable bonds is 7. The first kappa shape index (κ1) is 21.8. The van der Waals surface area contributed by atoms with Gasteiger partial charge in [-0.25, -0.2) is 0 Å². The summed E-state index contributed by atoms with van der Waals surface area (Å²) in [4.78, 5) is 20.3. The molecule has 0 atom stereocenters. The van der Waals surface area contributed by atoms with Gasteiger partial charge in [0.2, 0.25) is 5.13 Å². The number of hydrogen-bond acceptors (Lipinski definition) is 6. The van der Waals surface area contributed by atoms with Crippen molar-refractivity contribution in [3.05, 3.63) is 54.1 Å². The maximum Gasteiger partial charge on any atom is 0.256 e. The van der Waals surface area contributed by atoms with Gasteiger partial charge in [-0.05, 0) is 36.0 Å². The van der Waals surface area contributed by atoms with Crippen molar-refractivity contribution in [3.63, 3.8) is 0 Å². The normalized spacial score (nSPS) is 17.2. The number of amides is 1. The molecule has 2 aliphatic rings. The number of aliphatic imine (C=N–C) groups is 1. The SMILES string of the molecule is CCCCC1=NC2(CCCC2)C(=O)N1Cc1ccc(-c2ccccc2-c2nnc(N)s2)cc1. The minimum Gasteiger partial charge on any atom is -0.374 e. The molecule has 3 aromatic rings. The van der Waals surface area contributed by atoms with Gasteiger partial charge in [0.05, 0.1) is 6.54 Å². The largest absolute Gasteiger partial charge is 0.374 e. The number of unbranched alkanes of at least 4 members (excludes halogenated alkanes) is 1. The van der Waals surface area contributed by atoms with Crippen LogP contribution < -0.4 is 5.73 Å². The number of anilines is 1. The summed E-state index contributed by atoms with van der Waals surface area (Å²) in [5, 5.41) is 9.46. The Hall–Kier alpha value is -3.06. The third kappa shape index (κ3) is 4.17. The number of carbonyl (C=O) groups excluding carboxylic acids is 1. The molecule has 1 aliphatic heterocycles. The fraction of sp³-hybridized carbons (Fsp3) is 0.385.